The monoisotopic (exact) mass is 328 g/mol. The highest BCUT2D eigenvalue weighted by Crippen LogP contribution is 2.35. The molecule has 1 fully saturated rings. The molecule has 2 aromatic rings. The Morgan fingerprint density at radius 3 is 2.30 bits per heavy atom. The Kier molecular flexibility index (Phi) is 5.61. The average molecular weight is 329 g/mol. The molecule has 0 heterocycles. The van der Waals surface area contributed by atoms with Gasteiger partial charge in [-0.15, -0.1) is 0 Å². The molecule has 0 aliphatic heterocycles. The zero-order chi connectivity index (χ0) is 16.1. The van der Waals surface area contributed by atoms with Gasteiger partial charge in [-0.25, -0.2) is 0 Å². The molecule has 0 bridgehead atoms. The predicted molar refractivity (Wildman–Crippen MR) is 98.5 cm³/mol. The first-order valence-corrected chi connectivity index (χ1v) is 9.18. The highest BCUT2D eigenvalue weighted by atomic mass is 35.5. The van der Waals surface area contributed by atoms with Crippen LogP contribution in [0.1, 0.15) is 56.9 Å². The minimum absolute atomic E-state index is 0.687. The molecule has 2 heteroatoms. The second-order valence-corrected chi connectivity index (χ2v) is 6.86. The summed E-state index contributed by atoms with van der Waals surface area (Å²) in [7, 11) is 0. The fraction of sp³-hybridized carbons (Fsp3) is 0.429. The minimum atomic E-state index is 0.687. The molecule has 0 unspecified atom stereocenters. The van der Waals surface area contributed by atoms with Gasteiger partial charge in [0.05, 0.1) is 11.6 Å². The third kappa shape index (κ3) is 4.09. The van der Waals surface area contributed by atoms with Crippen molar-refractivity contribution in [2.75, 3.05) is 6.61 Å². The lowest BCUT2D eigenvalue weighted by molar-refractivity contribution is 0.317. The molecule has 1 aliphatic carbocycles. The second kappa shape index (κ2) is 7.88. The van der Waals surface area contributed by atoms with E-state index in [1.54, 1.807) is 0 Å². The lowest BCUT2D eigenvalue weighted by Gasteiger charge is -2.22. The fourth-order valence-electron chi connectivity index (χ4n) is 3.39. The first kappa shape index (κ1) is 16.4. The van der Waals surface area contributed by atoms with E-state index in [0.29, 0.717) is 11.6 Å². The van der Waals surface area contributed by atoms with Gasteiger partial charge in [0.2, 0.25) is 0 Å². The van der Waals surface area contributed by atoms with Crippen LogP contribution in [0.3, 0.4) is 0 Å². The SMILES string of the molecule is CCCOc1ccc(-c2ccc(C3CCCCC3)cc2)cc1Cl. The van der Waals surface area contributed by atoms with E-state index < -0.39 is 0 Å². The molecule has 0 saturated heterocycles. The van der Waals surface area contributed by atoms with E-state index >= 15 is 0 Å². The molecule has 1 nitrogen and oxygen atoms in total. The molecule has 2 aromatic carbocycles. The fourth-order valence-corrected chi connectivity index (χ4v) is 3.63. The van der Waals surface area contributed by atoms with Crippen LogP contribution in [0.2, 0.25) is 5.02 Å². The largest absolute Gasteiger partial charge is 0.492 e. The first-order valence-electron chi connectivity index (χ1n) is 8.80. The van der Waals surface area contributed by atoms with Crippen LogP contribution in [-0.4, -0.2) is 6.61 Å². The molecule has 1 aliphatic rings. The molecule has 0 atom stereocenters. The molecule has 23 heavy (non-hydrogen) atoms. The summed E-state index contributed by atoms with van der Waals surface area (Å²) in [4.78, 5) is 0. The van der Waals surface area contributed by atoms with Crippen LogP contribution < -0.4 is 4.74 Å². The van der Waals surface area contributed by atoms with Crippen molar-refractivity contribution in [3.05, 3.63) is 53.1 Å². The Bertz CT molecular complexity index is 627. The van der Waals surface area contributed by atoms with Crippen LogP contribution in [0.25, 0.3) is 11.1 Å². The number of hydrogen-bond acceptors (Lipinski definition) is 1. The van der Waals surface area contributed by atoms with Gasteiger partial charge in [-0.2, -0.15) is 0 Å². The van der Waals surface area contributed by atoms with E-state index in [0.717, 1.165) is 23.7 Å². The van der Waals surface area contributed by atoms with Crippen LogP contribution >= 0.6 is 11.6 Å². The Balaban J connectivity index is 1.75. The Labute approximate surface area is 144 Å². The van der Waals surface area contributed by atoms with Crippen molar-refractivity contribution >= 4 is 11.6 Å². The van der Waals surface area contributed by atoms with Crippen molar-refractivity contribution in [1.82, 2.24) is 0 Å². The van der Waals surface area contributed by atoms with Crippen LogP contribution in [0.15, 0.2) is 42.5 Å². The Hall–Kier alpha value is -1.47. The molecule has 0 spiro atoms. The quantitative estimate of drug-likeness (QED) is 0.583. The maximum Gasteiger partial charge on any atom is 0.137 e. The molecule has 0 aromatic heterocycles. The summed E-state index contributed by atoms with van der Waals surface area (Å²) in [5, 5.41) is 0.687. The highest BCUT2D eigenvalue weighted by molar-refractivity contribution is 6.32. The van der Waals surface area contributed by atoms with Crippen molar-refractivity contribution in [3.8, 4) is 16.9 Å². The van der Waals surface area contributed by atoms with Gasteiger partial charge in [-0.05, 0) is 54.0 Å². The predicted octanol–water partition coefficient (Wildman–Crippen LogP) is 6.84. The van der Waals surface area contributed by atoms with E-state index in [-0.39, 0.29) is 0 Å². The van der Waals surface area contributed by atoms with Gasteiger partial charge in [0, 0.05) is 0 Å². The van der Waals surface area contributed by atoms with Crippen LogP contribution in [-0.2, 0) is 0 Å². The lowest BCUT2D eigenvalue weighted by atomic mass is 9.84. The van der Waals surface area contributed by atoms with Gasteiger partial charge in [0.1, 0.15) is 5.75 Å². The van der Waals surface area contributed by atoms with Crippen molar-refractivity contribution in [1.29, 1.82) is 0 Å². The van der Waals surface area contributed by atoms with Gasteiger partial charge in [-0.3, -0.25) is 0 Å². The van der Waals surface area contributed by atoms with E-state index in [1.807, 2.05) is 12.1 Å². The molecule has 3 rings (SSSR count). The molecule has 122 valence electrons. The summed E-state index contributed by atoms with van der Waals surface area (Å²) in [6.07, 6.45) is 7.83. The normalized spacial score (nSPS) is 15.6. The molecule has 1 saturated carbocycles. The molecule has 0 radical (unpaired) electrons. The van der Waals surface area contributed by atoms with Crippen molar-refractivity contribution in [2.45, 2.75) is 51.4 Å². The molecule has 0 amide bonds. The lowest BCUT2D eigenvalue weighted by Crippen LogP contribution is -2.04. The van der Waals surface area contributed by atoms with E-state index in [4.69, 9.17) is 16.3 Å². The molecular formula is C21H25ClO. The Morgan fingerprint density at radius 2 is 1.65 bits per heavy atom. The zero-order valence-electron chi connectivity index (χ0n) is 13.9. The summed E-state index contributed by atoms with van der Waals surface area (Å²) in [5.74, 6) is 1.53. The van der Waals surface area contributed by atoms with E-state index in [9.17, 15) is 0 Å². The van der Waals surface area contributed by atoms with Crippen molar-refractivity contribution in [2.24, 2.45) is 0 Å². The van der Waals surface area contributed by atoms with Crippen molar-refractivity contribution < 1.29 is 4.74 Å². The number of ether oxygens (including phenoxy) is 1. The van der Waals surface area contributed by atoms with Crippen molar-refractivity contribution in [3.63, 3.8) is 0 Å². The number of benzene rings is 2. The third-order valence-corrected chi connectivity index (χ3v) is 5.01. The van der Waals surface area contributed by atoms with Gasteiger partial charge in [0.25, 0.3) is 0 Å². The summed E-state index contributed by atoms with van der Waals surface area (Å²) in [6.45, 7) is 2.80. The van der Waals surface area contributed by atoms with E-state index in [1.165, 1.54) is 43.2 Å². The molecule has 0 N–H and O–H groups in total. The number of halogens is 1. The van der Waals surface area contributed by atoms with Gasteiger partial charge in [-0.1, -0.05) is 68.1 Å². The van der Waals surface area contributed by atoms with Crippen LogP contribution in [0, 0.1) is 0 Å². The Morgan fingerprint density at radius 1 is 0.957 bits per heavy atom. The average Bonchev–Trinajstić information content (AvgIpc) is 2.61. The van der Waals surface area contributed by atoms with E-state index in [2.05, 4.69) is 37.3 Å². The summed E-state index contributed by atoms with van der Waals surface area (Å²) in [5.41, 5.74) is 3.85. The number of rotatable bonds is 5. The minimum Gasteiger partial charge on any atom is -0.492 e. The zero-order valence-corrected chi connectivity index (χ0v) is 14.6. The smallest absolute Gasteiger partial charge is 0.137 e. The van der Waals surface area contributed by atoms with Crippen LogP contribution in [0.4, 0.5) is 0 Å². The third-order valence-electron chi connectivity index (χ3n) is 4.71. The van der Waals surface area contributed by atoms with Gasteiger partial charge >= 0.3 is 0 Å². The second-order valence-electron chi connectivity index (χ2n) is 6.45. The van der Waals surface area contributed by atoms with Gasteiger partial charge in [0.15, 0.2) is 0 Å². The standard InChI is InChI=1S/C21H25ClO/c1-2-14-23-21-13-12-19(15-20(21)22)18-10-8-17(9-11-18)16-6-4-3-5-7-16/h8-13,15-16H,2-7,14H2,1H3. The topological polar surface area (TPSA) is 9.23 Å². The first-order chi connectivity index (χ1) is 11.3. The summed E-state index contributed by atoms with van der Waals surface area (Å²) >= 11 is 6.34. The number of hydrogen-bond donors (Lipinski definition) is 0. The van der Waals surface area contributed by atoms with Gasteiger partial charge < -0.3 is 4.74 Å². The maximum atomic E-state index is 6.34. The molecular weight excluding hydrogens is 304 g/mol. The maximum absolute atomic E-state index is 6.34. The summed E-state index contributed by atoms with van der Waals surface area (Å²) in [6, 6.07) is 15.1. The summed E-state index contributed by atoms with van der Waals surface area (Å²) < 4.78 is 5.64. The highest BCUT2D eigenvalue weighted by Gasteiger charge is 2.15. The van der Waals surface area contributed by atoms with Crippen LogP contribution in [0.5, 0.6) is 5.75 Å².